The van der Waals surface area contributed by atoms with Crippen LogP contribution in [0.1, 0.15) is 31.9 Å². The summed E-state index contributed by atoms with van der Waals surface area (Å²) in [4.78, 5) is 11.8. The number of benzene rings is 2. The average molecular weight is 357 g/mol. The van der Waals surface area contributed by atoms with Gasteiger partial charge in [0.15, 0.2) is 0 Å². The van der Waals surface area contributed by atoms with Crippen LogP contribution in [0.2, 0.25) is 0 Å². The minimum atomic E-state index is -0.584. The highest BCUT2D eigenvalue weighted by molar-refractivity contribution is 5.68. The van der Waals surface area contributed by atoms with Crippen molar-refractivity contribution in [1.29, 1.82) is 0 Å². The van der Waals surface area contributed by atoms with Gasteiger partial charge in [-0.2, -0.15) is 0 Å². The summed E-state index contributed by atoms with van der Waals surface area (Å²) in [6.07, 6.45) is 0.291. The zero-order chi connectivity index (χ0) is 19.0. The lowest BCUT2D eigenvalue weighted by Gasteiger charge is -2.22. The topological polar surface area (TPSA) is 67.8 Å². The Kier molecular flexibility index (Phi) is 7.04. The number of aliphatic hydroxyl groups excluding tert-OH is 1. The van der Waals surface area contributed by atoms with E-state index in [2.05, 4.69) is 17.4 Å². The van der Waals surface area contributed by atoms with Gasteiger partial charge < -0.3 is 19.9 Å². The molecule has 0 heterocycles. The molecule has 2 aromatic rings. The van der Waals surface area contributed by atoms with E-state index in [0.29, 0.717) is 5.75 Å². The van der Waals surface area contributed by atoms with Crippen molar-refractivity contribution in [1.82, 2.24) is 5.32 Å². The number of ether oxygens (including phenoxy) is 2. The Bertz CT molecular complexity index is 677. The number of carbonyl (C=O) groups excluding carboxylic acids is 1. The molecule has 0 aliphatic carbocycles. The third-order valence-corrected chi connectivity index (χ3v) is 3.57. The van der Waals surface area contributed by atoms with Gasteiger partial charge in [-0.3, -0.25) is 0 Å². The fourth-order valence-electron chi connectivity index (χ4n) is 2.35. The number of hydrogen-bond acceptors (Lipinski definition) is 4. The first-order chi connectivity index (χ1) is 12.4. The molecule has 2 aromatic carbocycles. The van der Waals surface area contributed by atoms with Crippen LogP contribution in [0.5, 0.6) is 5.75 Å². The Hall–Kier alpha value is -2.53. The summed E-state index contributed by atoms with van der Waals surface area (Å²) < 4.78 is 10.8. The van der Waals surface area contributed by atoms with E-state index < -0.39 is 17.7 Å². The third-order valence-electron chi connectivity index (χ3n) is 3.57. The van der Waals surface area contributed by atoms with Crippen LogP contribution in [0.15, 0.2) is 54.6 Å². The lowest BCUT2D eigenvalue weighted by Crippen LogP contribution is -2.44. The quantitative estimate of drug-likeness (QED) is 0.795. The standard InChI is InChI=1S/C21H27NO4/c1-21(2,3)26-20(24)22-18(14-23)15-25-19-11-9-17(10-12-19)13-16-7-5-4-6-8-16/h4-12,18,23H,13-15H2,1-3H3,(H,22,24)/t18-/m0/s1. The average Bonchev–Trinajstić information content (AvgIpc) is 2.59. The molecule has 0 aliphatic heterocycles. The van der Waals surface area contributed by atoms with Gasteiger partial charge >= 0.3 is 6.09 Å². The molecule has 0 fully saturated rings. The molecule has 0 aliphatic rings. The van der Waals surface area contributed by atoms with Gasteiger partial charge in [-0.15, -0.1) is 0 Å². The zero-order valence-electron chi connectivity index (χ0n) is 15.6. The molecule has 0 saturated carbocycles. The number of alkyl carbamates (subject to hydrolysis) is 1. The molecule has 140 valence electrons. The molecule has 1 amide bonds. The fourth-order valence-corrected chi connectivity index (χ4v) is 2.35. The van der Waals surface area contributed by atoms with Gasteiger partial charge in [0.1, 0.15) is 18.0 Å². The van der Waals surface area contributed by atoms with Crippen molar-refractivity contribution < 1.29 is 19.4 Å². The van der Waals surface area contributed by atoms with Gasteiger partial charge in [0.25, 0.3) is 0 Å². The van der Waals surface area contributed by atoms with Crippen molar-refractivity contribution in [3.05, 3.63) is 65.7 Å². The van der Waals surface area contributed by atoms with E-state index in [1.807, 2.05) is 42.5 Å². The predicted molar refractivity (Wildman–Crippen MR) is 101 cm³/mol. The van der Waals surface area contributed by atoms with Gasteiger partial charge in [-0.1, -0.05) is 42.5 Å². The lowest BCUT2D eigenvalue weighted by molar-refractivity contribution is 0.0458. The molecule has 2 N–H and O–H groups in total. The maximum Gasteiger partial charge on any atom is 0.408 e. The summed E-state index contributed by atoms with van der Waals surface area (Å²) in [5.74, 6) is 0.686. The fraction of sp³-hybridized carbons (Fsp3) is 0.381. The Morgan fingerprint density at radius 3 is 2.23 bits per heavy atom. The van der Waals surface area contributed by atoms with Crippen molar-refractivity contribution >= 4 is 6.09 Å². The van der Waals surface area contributed by atoms with E-state index in [9.17, 15) is 9.90 Å². The Morgan fingerprint density at radius 2 is 1.65 bits per heavy atom. The summed E-state index contributed by atoms with van der Waals surface area (Å²) in [5.41, 5.74) is 1.86. The first-order valence-corrected chi connectivity index (χ1v) is 8.72. The predicted octanol–water partition coefficient (Wildman–Crippen LogP) is 3.54. The highest BCUT2D eigenvalue weighted by Crippen LogP contribution is 2.15. The van der Waals surface area contributed by atoms with E-state index in [4.69, 9.17) is 9.47 Å². The van der Waals surface area contributed by atoms with Gasteiger partial charge in [-0.25, -0.2) is 4.79 Å². The van der Waals surface area contributed by atoms with E-state index >= 15 is 0 Å². The molecule has 2 rings (SSSR count). The van der Waals surface area contributed by atoms with Crippen molar-refractivity contribution in [2.45, 2.75) is 38.8 Å². The van der Waals surface area contributed by atoms with Crippen LogP contribution in [-0.4, -0.2) is 36.1 Å². The highest BCUT2D eigenvalue weighted by atomic mass is 16.6. The minimum Gasteiger partial charge on any atom is -0.491 e. The SMILES string of the molecule is CC(C)(C)OC(=O)N[C@@H](CO)COc1ccc(Cc2ccccc2)cc1. The van der Waals surface area contributed by atoms with Gasteiger partial charge in [-0.05, 0) is 50.5 Å². The molecule has 0 radical (unpaired) electrons. The van der Waals surface area contributed by atoms with Gasteiger partial charge in [0.05, 0.1) is 12.6 Å². The van der Waals surface area contributed by atoms with Gasteiger partial charge in [0.2, 0.25) is 0 Å². The molecule has 0 saturated heterocycles. The van der Waals surface area contributed by atoms with Crippen LogP contribution in [0.4, 0.5) is 4.79 Å². The maximum absolute atomic E-state index is 11.8. The molecule has 0 spiro atoms. The number of carbonyl (C=O) groups is 1. The molecule has 26 heavy (non-hydrogen) atoms. The van der Waals surface area contributed by atoms with Crippen molar-refractivity contribution in [2.75, 3.05) is 13.2 Å². The number of aliphatic hydroxyl groups is 1. The maximum atomic E-state index is 11.8. The van der Waals surface area contributed by atoms with Crippen LogP contribution >= 0.6 is 0 Å². The summed E-state index contributed by atoms with van der Waals surface area (Å²) in [5, 5.41) is 12.0. The first-order valence-electron chi connectivity index (χ1n) is 8.72. The number of amides is 1. The van der Waals surface area contributed by atoms with E-state index in [0.717, 1.165) is 6.42 Å². The van der Waals surface area contributed by atoms with E-state index in [1.165, 1.54) is 11.1 Å². The largest absolute Gasteiger partial charge is 0.491 e. The Labute approximate surface area is 155 Å². The van der Waals surface area contributed by atoms with Crippen LogP contribution in [0, 0.1) is 0 Å². The molecule has 5 nitrogen and oxygen atoms in total. The minimum absolute atomic E-state index is 0.160. The highest BCUT2D eigenvalue weighted by Gasteiger charge is 2.19. The summed E-state index contributed by atoms with van der Waals surface area (Å²) >= 11 is 0. The van der Waals surface area contributed by atoms with Crippen LogP contribution in [0.3, 0.4) is 0 Å². The smallest absolute Gasteiger partial charge is 0.408 e. The summed E-state index contributed by atoms with van der Waals surface area (Å²) in [6, 6.07) is 17.5. The van der Waals surface area contributed by atoms with Gasteiger partial charge in [0, 0.05) is 0 Å². The van der Waals surface area contributed by atoms with Crippen LogP contribution < -0.4 is 10.1 Å². The number of rotatable bonds is 7. The van der Waals surface area contributed by atoms with Crippen molar-refractivity contribution in [3.8, 4) is 5.75 Å². The molecule has 0 unspecified atom stereocenters. The second kappa shape index (κ2) is 9.25. The monoisotopic (exact) mass is 357 g/mol. The first kappa shape index (κ1) is 19.8. The Morgan fingerprint density at radius 1 is 1.04 bits per heavy atom. The Balaban J connectivity index is 1.83. The molecule has 1 atom stereocenters. The van der Waals surface area contributed by atoms with Crippen LogP contribution in [-0.2, 0) is 11.2 Å². The molecule has 0 bridgehead atoms. The van der Waals surface area contributed by atoms with Crippen molar-refractivity contribution in [3.63, 3.8) is 0 Å². The number of hydrogen-bond donors (Lipinski definition) is 2. The second-order valence-electron chi connectivity index (χ2n) is 7.14. The number of nitrogens with one attached hydrogen (secondary N) is 1. The van der Waals surface area contributed by atoms with E-state index in [1.54, 1.807) is 20.8 Å². The molecule has 5 heteroatoms. The summed E-state index contributed by atoms with van der Waals surface area (Å²) in [6.45, 7) is 5.29. The van der Waals surface area contributed by atoms with Crippen molar-refractivity contribution in [2.24, 2.45) is 0 Å². The molecule has 0 aromatic heterocycles. The van der Waals surface area contributed by atoms with Crippen LogP contribution in [0.25, 0.3) is 0 Å². The lowest BCUT2D eigenvalue weighted by atomic mass is 10.1. The second-order valence-corrected chi connectivity index (χ2v) is 7.14. The molecular weight excluding hydrogens is 330 g/mol. The van der Waals surface area contributed by atoms with E-state index in [-0.39, 0.29) is 13.2 Å². The zero-order valence-corrected chi connectivity index (χ0v) is 15.6. The summed E-state index contributed by atoms with van der Waals surface area (Å²) in [7, 11) is 0. The normalized spacial score (nSPS) is 12.3. The molecular formula is C21H27NO4. The third kappa shape index (κ3) is 7.15.